The minimum atomic E-state index is 0.605. The van der Waals surface area contributed by atoms with Crippen LogP contribution in [0.3, 0.4) is 0 Å². The maximum absolute atomic E-state index is 6.73. The quantitative estimate of drug-likeness (QED) is 0.159. The van der Waals surface area contributed by atoms with Crippen LogP contribution in [0.2, 0.25) is 0 Å². The molecule has 20 aromatic rings. The first kappa shape index (κ1) is 50.5. The Kier molecular flexibility index (Phi) is 10.7. The van der Waals surface area contributed by atoms with Crippen molar-refractivity contribution in [3.05, 3.63) is 297 Å². The van der Waals surface area contributed by atoms with Gasteiger partial charge in [0.1, 0.15) is 11.2 Å². The third-order valence-corrected chi connectivity index (χ3v) is 19.0. The van der Waals surface area contributed by atoms with Gasteiger partial charge < -0.3 is 8.98 Å². The SMILES string of the molecule is c1ccc(-c2nc(-n3c4ccccc4c4cc(-c5cc6c7ccc(-c8cccc(-c9nc(-n%10c%11ccccc%11c%11c%12c%13ccccc%13oc%12c%12ccccc%12c%11%10)nc%10ccccc9%10)c8)cc7n(-c7ccccc7)c6c6ccccc56)ccc43)nc3ccccc23)cc1. The van der Waals surface area contributed by atoms with Crippen LogP contribution in [0.5, 0.6) is 0 Å². The predicted octanol–water partition coefficient (Wildman–Crippen LogP) is 21.7. The zero-order valence-electron chi connectivity index (χ0n) is 49.3. The molecule has 6 heterocycles. The third-order valence-electron chi connectivity index (χ3n) is 19.0. The van der Waals surface area contributed by atoms with Crippen LogP contribution >= 0.6 is 0 Å². The maximum Gasteiger partial charge on any atom is 0.235 e. The molecule has 0 atom stereocenters. The predicted molar refractivity (Wildman–Crippen MR) is 380 cm³/mol. The molecule has 14 aromatic carbocycles. The second-order valence-electron chi connectivity index (χ2n) is 24.0. The van der Waals surface area contributed by atoms with Crippen molar-refractivity contribution >= 4 is 131 Å². The highest BCUT2D eigenvalue weighted by Gasteiger charge is 2.26. The van der Waals surface area contributed by atoms with Crippen LogP contribution < -0.4 is 0 Å². The second kappa shape index (κ2) is 19.5. The summed E-state index contributed by atoms with van der Waals surface area (Å²) in [7, 11) is 0. The van der Waals surface area contributed by atoms with E-state index in [1.165, 1.54) is 21.5 Å². The highest BCUT2D eigenvalue weighted by molar-refractivity contribution is 6.36. The van der Waals surface area contributed by atoms with Gasteiger partial charge in [0.2, 0.25) is 11.9 Å². The number of hydrogen-bond acceptors (Lipinski definition) is 5. The number of rotatable bonds is 7. The summed E-state index contributed by atoms with van der Waals surface area (Å²) in [6.07, 6.45) is 0. The van der Waals surface area contributed by atoms with E-state index in [2.05, 4.69) is 299 Å². The number of furan rings is 1. The van der Waals surface area contributed by atoms with Gasteiger partial charge in [0, 0.05) is 86.8 Å². The third kappa shape index (κ3) is 7.34. The van der Waals surface area contributed by atoms with E-state index in [1.807, 2.05) is 12.1 Å². The van der Waals surface area contributed by atoms with Crippen LogP contribution in [0.15, 0.2) is 302 Å². The summed E-state index contributed by atoms with van der Waals surface area (Å²) in [4.78, 5) is 21.7. The van der Waals surface area contributed by atoms with Gasteiger partial charge in [0.15, 0.2) is 0 Å². The van der Waals surface area contributed by atoms with E-state index in [0.29, 0.717) is 11.9 Å². The Morgan fingerprint density at radius 1 is 0.250 bits per heavy atom. The van der Waals surface area contributed by atoms with Gasteiger partial charge in [-0.2, -0.15) is 0 Å². The molecule has 0 bridgehead atoms. The van der Waals surface area contributed by atoms with Crippen LogP contribution in [-0.2, 0) is 0 Å². The van der Waals surface area contributed by atoms with Crippen molar-refractivity contribution in [2.75, 3.05) is 0 Å². The fourth-order valence-electron chi connectivity index (χ4n) is 15.0. The maximum atomic E-state index is 6.73. The van der Waals surface area contributed by atoms with Gasteiger partial charge in [-0.25, -0.2) is 19.9 Å². The summed E-state index contributed by atoms with van der Waals surface area (Å²) in [5.74, 6) is 1.24. The van der Waals surface area contributed by atoms with Crippen molar-refractivity contribution in [2.24, 2.45) is 0 Å². The molecule has 0 radical (unpaired) electrons. The summed E-state index contributed by atoms with van der Waals surface area (Å²) in [6.45, 7) is 0. The molecule has 426 valence electrons. The molecule has 0 aliphatic carbocycles. The molecule has 0 saturated carbocycles. The molecule has 0 unspecified atom stereocenters. The minimum absolute atomic E-state index is 0.605. The number of aromatic nitrogens is 7. The van der Waals surface area contributed by atoms with Crippen molar-refractivity contribution in [2.45, 2.75) is 0 Å². The highest BCUT2D eigenvalue weighted by Crippen LogP contribution is 2.48. The van der Waals surface area contributed by atoms with Crippen molar-refractivity contribution in [1.29, 1.82) is 0 Å². The lowest BCUT2D eigenvalue weighted by Crippen LogP contribution is -2.04. The lowest BCUT2D eigenvalue weighted by Gasteiger charge is -2.14. The fourth-order valence-corrected chi connectivity index (χ4v) is 15.0. The van der Waals surface area contributed by atoms with Gasteiger partial charge in [-0.1, -0.05) is 224 Å². The fraction of sp³-hybridized carbons (Fsp3) is 0. The van der Waals surface area contributed by atoms with Crippen LogP contribution in [-0.4, -0.2) is 33.6 Å². The molecule has 8 heteroatoms. The zero-order valence-corrected chi connectivity index (χ0v) is 49.3. The van der Waals surface area contributed by atoms with Crippen molar-refractivity contribution in [3.8, 4) is 62.4 Å². The van der Waals surface area contributed by atoms with E-state index in [4.69, 9.17) is 24.4 Å². The standard InChI is InChI=1S/C84H49N7O/c1-3-22-50(23-4-1)78-62-33-11-16-37-69(62)85-83(87-78)90-71-39-18-13-29-57(71)67-47-53(43-45-73(67)90)66-49-68-58-44-42-52(48-74(58)89(55-26-5-2-6-27-55)80(68)59-30-8-7-28-56(59)66)51-24-21-25-54(46-51)79-63-34-12-17-38-70(63)86-84(88-79)91-72-40-19-14-35-64(72)76-77-65-36-15-20-41-75(65)92-82(77)61-32-10-9-31-60(61)81(76)91/h1-49H. The molecule has 0 N–H and O–H groups in total. The minimum Gasteiger partial charge on any atom is -0.455 e. The molecule has 20 rings (SSSR count). The molecule has 0 amide bonds. The average molecular weight is 1170 g/mol. The summed E-state index contributed by atoms with van der Waals surface area (Å²) >= 11 is 0. The monoisotopic (exact) mass is 1170 g/mol. The van der Waals surface area contributed by atoms with Gasteiger partial charge in [0.25, 0.3) is 0 Å². The van der Waals surface area contributed by atoms with Crippen molar-refractivity contribution < 1.29 is 4.42 Å². The lowest BCUT2D eigenvalue weighted by molar-refractivity contribution is 0.673. The molecule has 0 aliphatic rings. The number of fused-ring (bicyclic) bond motifs is 20. The van der Waals surface area contributed by atoms with Gasteiger partial charge in [-0.05, 0) is 100 Å². The molecular formula is C84H49N7O. The summed E-state index contributed by atoms with van der Waals surface area (Å²) in [6, 6.07) is 106. The topological polar surface area (TPSA) is 79.5 Å². The van der Waals surface area contributed by atoms with E-state index in [-0.39, 0.29) is 0 Å². The van der Waals surface area contributed by atoms with Crippen molar-refractivity contribution in [1.82, 2.24) is 33.6 Å². The Morgan fingerprint density at radius 3 is 1.52 bits per heavy atom. The van der Waals surface area contributed by atoms with Crippen LogP contribution in [0.1, 0.15) is 0 Å². The molecule has 0 saturated heterocycles. The smallest absolute Gasteiger partial charge is 0.235 e. The van der Waals surface area contributed by atoms with Crippen LogP contribution in [0.4, 0.5) is 0 Å². The number of benzene rings is 14. The van der Waals surface area contributed by atoms with E-state index < -0.39 is 0 Å². The molecule has 0 fully saturated rings. The average Bonchev–Trinajstić information content (AvgIpc) is 1.58. The summed E-state index contributed by atoms with van der Waals surface area (Å²) in [5, 5.41) is 15.5. The molecule has 0 aliphatic heterocycles. The Balaban J connectivity index is 0.760. The largest absolute Gasteiger partial charge is 0.455 e. The van der Waals surface area contributed by atoms with E-state index in [1.54, 1.807) is 0 Å². The van der Waals surface area contributed by atoms with E-state index in [9.17, 15) is 0 Å². The Morgan fingerprint density at radius 2 is 0.772 bits per heavy atom. The van der Waals surface area contributed by atoms with Gasteiger partial charge in [-0.15, -0.1) is 0 Å². The van der Waals surface area contributed by atoms with Crippen molar-refractivity contribution in [3.63, 3.8) is 0 Å². The number of hydrogen-bond donors (Lipinski definition) is 0. The van der Waals surface area contributed by atoms with Crippen LogP contribution in [0, 0.1) is 0 Å². The van der Waals surface area contributed by atoms with Gasteiger partial charge in [0.05, 0.1) is 55.5 Å². The molecule has 8 nitrogen and oxygen atoms in total. The number of para-hydroxylation sites is 6. The van der Waals surface area contributed by atoms with E-state index >= 15 is 0 Å². The highest BCUT2D eigenvalue weighted by atomic mass is 16.3. The number of nitrogens with zero attached hydrogens (tertiary/aromatic N) is 7. The summed E-state index contributed by atoms with van der Waals surface area (Å²) in [5.41, 5.74) is 19.4. The van der Waals surface area contributed by atoms with E-state index in [0.717, 1.165) is 160 Å². The first-order valence-electron chi connectivity index (χ1n) is 31.2. The molecule has 0 spiro atoms. The Bertz CT molecular complexity index is 6510. The first-order valence-corrected chi connectivity index (χ1v) is 31.2. The summed E-state index contributed by atoms with van der Waals surface area (Å²) < 4.78 is 13.7. The Hall–Kier alpha value is -12.5. The normalized spacial score (nSPS) is 12.1. The van der Waals surface area contributed by atoms with Gasteiger partial charge in [-0.3, -0.25) is 9.13 Å². The molecule has 92 heavy (non-hydrogen) atoms. The zero-order chi connectivity index (χ0) is 60.1. The molecule has 6 aromatic heterocycles. The van der Waals surface area contributed by atoms with Crippen LogP contribution in [0.25, 0.3) is 193 Å². The molecular weight excluding hydrogens is 1120 g/mol. The lowest BCUT2D eigenvalue weighted by atomic mass is 9.94. The first-order chi connectivity index (χ1) is 45.6. The second-order valence-corrected chi connectivity index (χ2v) is 24.0. The Labute approximate surface area is 525 Å². The van der Waals surface area contributed by atoms with Gasteiger partial charge >= 0.3 is 0 Å².